The Morgan fingerprint density at radius 3 is 1.40 bits per heavy atom. The van der Waals surface area contributed by atoms with Crippen molar-refractivity contribution < 1.29 is 43.7 Å². The second-order valence-corrected chi connectivity index (χ2v) is 13.8. The van der Waals surface area contributed by atoms with Crippen molar-refractivity contribution in [3.63, 3.8) is 0 Å². The van der Waals surface area contributed by atoms with Crippen LogP contribution in [0.25, 0.3) is 21.8 Å². The van der Waals surface area contributed by atoms with Crippen LogP contribution in [0.3, 0.4) is 0 Å². The Bertz CT molecular complexity index is 2320. The number of rotatable bonds is 16. The molecule has 0 aliphatic heterocycles. The molecule has 6 rings (SSSR count). The molecule has 13 heteroatoms. The number of nitrogens with one attached hydrogen (secondary N) is 2. The molecular weight excluding hydrogens is 744 g/mol. The van der Waals surface area contributed by atoms with E-state index in [0.29, 0.717) is 86.0 Å². The van der Waals surface area contributed by atoms with E-state index >= 15 is 0 Å². The zero-order valence-electron chi connectivity index (χ0n) is 34.0. The number of aromatic nitrogens is 2. The summed E-state index contributed by atoms with van der Waals surface area (Å²) in [6.45, 7) is 6.14. The fourth-order valence-electron chi connectivity index (χ4n) is 6.53. The summed E-state index contributed by atoms with van der Waals surface area (Å²) in [4.78, 5) is 31.0. The Labute approximate surface area is 336 Å². The number of fused-ring (bicyclic) bond motifs is 2. The average molecular weight is 797 g/mol. The van der Waals surface area contributed by atoms with Crippen molar-refractivity contribution in [3.8, 4) is 63.2 Å². The SMILES string of the molecule is CCCCCc1c(O)c2cc(OC)cc(Oc3ccc(C)cc3OC)c2[nH]c1=O.CCCCCc1c(O)c2cc(OC)cc(Oc3ccc(O)cc3OC)c2[nH]c1=O. The number of ether oxygens (including phenoxy) is 6. The molecule has 0 unspecified atom stereocenters. The highest BCUT2D eigenvalue weighted by atomic mass is 16.5. The number of unbranched alkanes of at least 4 members (excludes halogenated alkanes) is 4. The van der Waals surface area contributed by atoms with Crippen LogP contribution in [0.4, 0.5) is 0 Å². The van der Waals surface area contributed by atoms with Crippen molar-refractivity contribution in [2.75, 3.05) is 28.4 Å². The Morgan fingerprint density at radius 2 is 0.966 bits per heavy atom. The van der Waals surface area contributed by atoms with Crippen molar-refractivity contribution in [3.05, 3.63) is 98.1 Å². The quantitative estimate of drug-likeness (QED) is 0.0588. The van der Waals surface area contributed by atoms with Crippen LogP contribution in [0.5, 0.6) is 63.2 Å². The average Bonchev–Trinajstić information content (AvgIpc) is 3.22. The molecule has 0 aliphatic carbocycles. The Morgan fingerprint density at radius 1 is 0.517 bits per heavy atom. The Kier molecular flexibility index (Phi) is 14.4. The van der Waals surface area contributed by atoms with E-state index in [1.165, 1.54) is 26.4 Å². The summed E-state index contributed by atoms with van der Waals surface area (Å²) in [5.74, 6) is 3.31. The van der Waals surface area contributed by atoms with E-state index in [1.807, 2.05) is 19.1 Å². The van der Waals surface area contributed by atoms with Gasteiger partial charge in [0.15, 0.2) is 34.5 Å². The number of pyridine rings is 2. The van der Waals surface area contributed by atoms with E-state index in [-0.39, 0.29) is 34.1 Å². The number of hydrogen-bond donors (Lipinski definition) is 5. The van der Waals surface area contributed by atoms with E-state index < -0.39 is 0 Å². The number of aromatic hydroxyl groups is 3. The number of phenolic OH excluding ortho intramolecular Hbond substituents is 1. The van der Waals surface area contributed by atoms with Gasteiger partial charge in [-0.3, -0.25) is 9.59 Å². The van der Waals surface area contributed by atoms with E-state index in [9.17, 15) is 24.9 Å². The summed E-state index contributed by atoms with van der Waals surface area (Å²) >= 11 is 0. The van der Waals surface area contributed by atoms with Gasteiger partial charge in [-0.1, -0.05) is 45.6 Å². The monoisotopic (exact) mass is 796 g/mol. The van der Waals surface area contributed by atoms with Crippen LogP contribution in [-0.2, 0) is 12.8 Å². The molecule has 58 heavy (non-hydrogen) atoms. The van der Waals surface area contributed by atoms with Gasteiger partial charge in [0.2, 0.25) is 0 Å². The number of H-pyrrole nitrogens is 2. The molecule has 13 nitrogen and oxygen atoms in total. The lowest BCUT2D eigenvalue weighted by atomic mass is 10.0. The number of aryl methyl sites for hydroxylation is 1. The van der Waals surface area contributed by atoms with Crippen LogP contribution in [0.1, 0.15) is 69.1 Å². The standard InChI is InChI=1S/C23H27NO5.C22H25NO6/c1-5-6-7-8-16-22(25)17-12-15(27-3)13-20(21(17)24-23(16)26)29-18-10-9-14(2)11-19(18)28-4;1-4-5-6-7-15-21(25)16-11-14(27-2)12-19(20(16)23-22(15)26)29-17-9-8-13(24)10-18(17)28-3/h9-13H,5-8H2,1-4H3,(H2,24,25,26);8-12,24H,4-7H2,1-3H3,(H2,23,25,26). The molecule has 0 spiro atoms. The summed E-state index contributed by atoms with van der Waals surface area (Å²) < 4.78 is 33.4. The summed E-state index contributed by atoms with van der Waals surface area (Å²) in [6, 6.07) is 16.7. The number of methoxy groups -OCH3 is 4. The highest BCUT2D eigenvalue weighted by Crippen LogP contribution is 2.42. The van der Waals surface area contributed by atoms with Crippen molar-refractivity contribution >= 4 is 21.8 Å². The van der Waals surface area contributed by atoms with Gasteiger partial charge in [0, 0.05) is 29.0 Å². The van der Waals surface area contributed by atoms with Crippen LogP contribution in [0.15, 0.2) is 70.3 Å². The van der Waals surface area contributed by atoms with Gasteiger partial charge in [0.1, 0.15) is 28.7 Å². The van der Waals surface area contributed by atoms with Gasteiger partial charge in [-0.15, -0.1) is 0 Å². The first-order chi connectivity index (χ1) is 28.0. The maximum Gasteiger partial charge on any atom is 0.255 e. The molecule has 0 bridgehead atoms. The van der Waals surface area contributed by atoms with E-state index in [0.717, 1.165) is 44.1 Å². The fourth-order valence-corrected chi connectivity index (χ4v) is 6.53. The number of aromatic amines is 2. The summed E-state index contributed by atoms with van der Waals surface area (Å²) in [5.41, 5.74) is 1.88. The highest BCUT2D eigenvalue weighted by Gasteiger charge is 2.20. The minimum Gasteiger partial charge on any atom is -0.508 e. The lowest BCUT2D eigenvalue weighted by Crippen LogP contribution is -2.13. The predicted molar refractivity (Wildman–Crippen MR) is 225 cm³/mol. The maximum atomic E-state index is 12.6. The van der Waals surface area contributed by atoms with Gasteiger partial charge in [-0.05, 0) is 74.6 Å². The first-order valence-corrected chi connectivity index (χ1v) is 19.3. The molecule has 0 radical (unpaired) electrons. The van der Waals surface area contributed by atoms with E-state index in [1.54, 1.807) is 50.6 Å². The molecule has 0 fully saturated rings. The molecule has 0 aliphatic rings. The van der Waals surface area contributed by atoms with Gasteiger partial charge in [0.05, 0.1) is 50.6 Å². The molecule has 2 aromatic heterocycles. The fraction of sp³-hybridized carbons (Fsp3) is 0.333. The second kappa shape index (κ2) is 19.6. The number of hydrogen-bond acceptors (Lipinski definition) is 11. The van der Waals surface area contributed by atoms with Crippen LogP contribution in [0, 0.1) is 6.92 Å². The summed E-state index contributed by atoms with van der Waals surface area (Å²) in [6.07, 6.45) is 6.70. The normalized spacial score (nSPS) is 10.9. The molecule has 0 saturated heterocycles. The van der Waals surface area contributed by atoms with Crippen molar-refractivity contribution in [1.29, 1.82) is 0 Å². The van der Waals surface area contributed by atoms with E-state index in [4.69, 9.17) is 28.4 Å². The predicted octanol–water partition coefficient (Wildman–Crippen LogP) is 9.57. The van der Waals surface area contributed by atoms with Crippen LogP contribution >= 0.6 is 0 Å². The summed E-state index contributed by atoms with van der Waals surface area (Å²) in [5, 5.41) is 32.2. The van der Waals surface area contributed by atoms with Crippen LogP contribution < -0.4 is 39.5 Å². The minimum atomic E-state index is -0.348. The van der Waals surface area contributed by atoms with Gasteiger partial charge >= 0.3 is 0 Å². The lowest BCUT2D eigenvalue weighted by molar-refractivity contribution is 0.372. The van der Waals surface area contributed by atoms with Crippen molar-refractivity contribution in [2.24, 2.45) is 0 Å². The number of phenols is 1. The molecule has 4 aromatic carbocycles. The molecule has 0 amide bonds. The van der Waals surface area contributed by atoms with E-state index in [2.05, 4.69) is 23.8 Å². The Hall–Kier alpha value is -6.50. The molecule has 5 N–H and O–H groups in total. The first-order valence-electron chi connectivity index (χ1n) is 19.3. The summed E-state index contributed by atoms with van der Waals surface area (Å²) in [7, 11) is 6.09. The minimum absolute atomic E-state index is 0.0283. The Balaban J connectivity index is 0.000000221. The molecule has 0 atom stereocenters. The molecular formula is C45H52N2O11. The third-order valence-electron chi connectivity index (χ3n) is 9.70. The molecule has 308 valence electrons. The molecule has 6 aromatic rings. The maximum absolute atomic E-state index is 12.6. The van der Waals surface area contributed by atoms with Crippen molar-refractivity contribution in [2.45, 2.75) is 72.1 Å². The van der Waals surface area contributed by atoms with Crippen LogP contribution in [0.2, 0.25) is 0 Å². The third kappa shape index (κ3) is 9.71. The zero-order chi connectivity index (χ0) is 41.9. The van der Waals surface area contributed by atoms with Crippen molar-refractivity contribution in [1.82, 2.24) is 9.97 Å². The second-order valence-electron chi connectivity index (χ2n) is 13.8. The topological polar surface area (TPSA) is 182 Å². The third-order valence-corrected chi connectivity index (χ3v) is 9.70. The van der Waals surface area contributed by atoms with Crippen LogP contribution in [-0.4, -0.2) is 53.7 Å². The molecule has 2 heterocycles. The van der Waals surface area contributed by atoms with Gasteiger partial charge in [-0.2, -0.15) is 0 Å². The largest absolute Gasteiger partial charge is 0.508 e. The van der Waals surface area contributed by atoms with Gasteiger partial charge < -0.3 is 53.7 Å². The smallest absolute Gasteiger partial charge is 0.255 e. The number of benzene rings is 4. The molecule has 0 saturated carbocycles. The highest BCUT2D eigenvalue weighted by molar-refractivity contribution is 5.93. The lowest BCUT2D eigenvalue weighted by Gasteiger charge is -2.15. The zero-order valence-corrected chi connectivity index (χ0v) is 34.0. The van der Waals surface area contributed by atoms with Gasteiger partial charge in [0.25, 0.3) is 11.1 Å². The van der Waals surface area contributed by atoms with Gasteiger partial charge in [-0.25, -0.2) is 0 Å². The first kappa shape index (κ1) is 42.6.